The van der Waals surface area contributed by atoms with Crippen LogP contribution in [-0.2, 0) is 24.4 Å². The molecule has 1 aromatic carbocycles. The zero-order valence-corrected chi connectivity index (χ0v) is 22.1. The molecule has 0 saturated carbocycles. The molecule has 188 valence electrons. The van der Waals surface area contributed by atoms with E-state index in [4.69, 9.17) is 22.1 Å². The Bertz CT molecular complexity index is 1220. The van der Waals surface area contributed by atoms with E-state index < -0.39 is 5.91 Å². The molecule has 0 aliphatic carbocycles. The summed E-state index contributed by atoms with van der Waals surface area (Å²) >= 11 is 5.87. The number of nitrogens with two attached hydrogens (primary N) is 1. The Balaban J connectivity index is 1.80. The fraction of sp³-hybridized carbons (Fsp3) is 0.435. The fourth-order valence-electron chi connectivity index (χ4n) is 3.80. The molecule has 2 amide bonds. The molecule has 0 aliphatic heterocycles. The Hall–Kier alpha value is -2.81. The number of nitrogens with one attached hydrogen (secondary N) is 2. The van der Waals surface area contributed by atoms with E-state index in [2.05, 4.69) is 43.1 Å². The van der Waals surface area contributed by atoms with E-state index in [-0.39, 0.29) is 37.0 Å². The lowest BCUT2D eigenvalue weighted by atomic mass is 10.2. The second-order valence-corrected chi connectivity index (χ2v) is 10.9. The molecular formula is C23H32ClN7O3P+. The summed E-state index contributed by atoms with van der Waals surface area (Å²) in [6.45, 7) is 10.9. The number of nitrogen functional groups attached to an aromatic ring is 1. The van der Waals surface area contributed by atoms with Crippen LogP contribution in [0.15, 0.2) is 24.4 Å². The average Bonchev–Trinajstić information content (AvgIpc) is 3.14. The number of hydrogen-bond acceptors (Lipinski definition) is 6. The highest BCUT2D eigenvalue weighted by Crippen LogP contribution is 2.23. The van der Waals surface area contributed by atoms with E-state index in [9.17, 15) is 9.59 Å². The normalized spacial score (nSPS) is 11.3. The Kier molecular flexibility index (Phi) is 9.37. The summed E-state index contributed by atoms with van der Waals surface area (Å²) in [4.78, 5) is 33.3. The Morgan fingerprint density at radius 2 is 2.00 bits per heavy atom. The molecule has 35 heavy (non-hydrogen) atoms. The maximum absolute atomic E-state index is 12.7. The molecule has 3 rings (SSSR count). The van der Waals surface area contributed by atoms with Crippen molar-refractivity contribution in [3.63, 3.8) is 0 Å². The molecule has 2 heterocycles. The monoisotopic (exact) mass is 520 g/mol. The van der Waals surface area contributed by atoms with Crippen LogP contribution in [0.1, 0.15) is 40.5 Å². The summed E-state index contributed by atoms with van der Waals surface area (Å²) in [7, 11) is -0.113. The lowest BCUT2D eigenvalue weighted by Gasteiger charge is -2.08. The summed E-state index contributed by atoms with van der Waals surface area (Å²) in [5, 5.41) is 5.87. The molecule has 12 heteroatoms. The number of carbonyl (C=O) groups is 2. The Morgan fingerprint density at radius 3 is 2.69 bits per heavy atom. The van der Waals surface area contributed by atoms with Crippen LogP contribution < -0.4 is 20.9 Å². The third-order valence-electron chi connectivity index (χ3n) is 5.35. The number of aromatic nitrogens is 4. The molecule has 0 saturated heterocycles. The van der Waals surface area contributed by atoms with Crippen molar-refractivity contribution in [1.29, 1.82) is 0 Å². The first kappa shape index (κ1) is 26.8. The quantitative estimate of drug-likeness (QED) is 0.202. The number of benzene rings is 1. The summed E-state index contributed by atoms with van der Waals surface area (Å²) in [5.41, 5.74) is 8.23. The number of imidazole rings is 1. The van der Waals surface area contributed by atoms with Gasteiger partial charge < -0.3 is 21.1 Å². The third kappa shape index (κ3) is 6.45. The minimum atomic E-state index is -0.464. The number of aryl methyl sites for hydroxylation is 2. The van der Waals surface area contributed by atoms with Crippen molar-refractivity contribution in [2.45, 2.75) is 33.5 Å². The van der Waals surface area contributed by atoms with Gasteiger partial charge in [-0.15, -0.1) is 0 Å². The summed E-state index contributed by atoms with van der Waals surface area (Å²) in [5.74, 6) is 0.280. The number of amides is 2. The number of anilines is 1. The van der Waals surface area contributed by atoms with Crippen molar-refractivity contribution < 1.29 is 18.9 Å². The van der Waals surface area contributed by atoms with Gasteiger partial charge in [0.1, 0.15) is 11.7 Å². The van der Waals surface area contributed by atoms with Crippen LogP contribution in [0.2, 0.25) is 5.15 Å². The molecule has 3 aromatic rings. The zero-order chi connectivity index (χ0) is 25.5. The minimum Gasteiger partial charge on any atom is -0.382 e. The summed E-state index contributed by atoms with van der Waals surface area (Å²) < 4.78 is 9.75. The van der Waals surface area contributed by atoms with Crippen molar-refractivity contribution >= 4 is 48.2 Å². The minimum absolute atomic E-state index is 0.0116. The fourth-order valence-corrected chi connectivity index (χ4v) is 4.43. The van der Waals surface area contributed by atoms with Gasteiger partial charge in [-0.1, -0.05) is 19.5 Å². The van der Waals surface area contributed by atoms with Crippen molar-refractivity contribution in [2.24, 2.45) is 0 Å². The Labute approximate surface area is 211 Å². The smallest absolute Gasteiger partial charge is 0.277 e. The molecule has 0 spiro atoms. The van der Waals surface area contributed by atoms with Crippen LogP contribution in [0, 0.1) is 0 Å². The number of ether oxygens (including phenoxy) is 1. The Morgan fingerprint density at radius 1 is 1.23 bits per heavy atom. The molecule has 0 unspecified atom stereocenters. The molecule has 0 aliphatic rings. The van der Waals surface area contributed by atoms with Crippen LogP contribution in [0.25, 0.3) is 11.0 Å². The number of nitrogens with zero attached hydrogens (tertiary/aromatic N) is 4. The number of halogens is 1. The van der Waals surface area contributed by atoms with Crippen LogP contribution >= 0.6 is 19.5 Å². The van der Waals surface area contributed by atoms with Crippen LogP contribution in [0.3, 0.4) is 0 Å². The van der Waals surface area contributed by atoms with E-state index >= 15 is 0 Å². The molecule has 2 aromatic heterocycles. The second kappa shape index (κ2) is 12.2. The van der Waals surface area contributed by atoms with Gasteiger partial charge in [-0.25, -0.2) is 19.1 Å². The molecule has 0 atom stereocenters. The number of carbonyl (C=O) groups excluding carboxylic acids is 2. The highest BCUT2D eigenvalue weighted by Gasteiger charge is 2.25. The van der Waals surface area contributed by atoms with E-state index in [1.165, 1.54) is 6.20 Å². The maximum atomic E-state index is 12.7. The maximum Gasteiger partial charge on any atom is 0.277 e. The van der Waals surface area contributed by atoms with Crippen LogP contribution in [0.5, 0.6) is 0 Å². The predicted molar refractivity (Wildman–Crippen MR) is 138 cm³/mol. The van der Waals surface area contributed by atoms with Crippen molar-refractivity contribution in [1.82, 2.24) is 25.2 Å². The topological polar surface area (TPSA) is 128 Å². The van der Waals surface area contributed by atoms with Gasteiger partial charge in [-0.3, -0.25) is 9.59 Å². The van der Waals surface area contributed by atoms with Crippen LogP contribution in [0.4, 0.5) is 5.82 Å². The van der Waals surface area contributed by atoms with E-state index in [1.54, 1.807) is 0 Å². The van der Waals surface area contributed by atoms with E-state index in [1.807, 2.05) is 32.0 Å². The largest absolute Gasteiger partial charge is 0.382 e. The lowest BCUT2D eigenvalue weighted by molar-refractivity contribution is -0.676. The van der Waals surface area contributed by atoms with Gasteiger partial charge in [0.2, 0.25) is 0 Å². The first-order valence-corrected chi connectivity index (χ1v) is 14.2. The molecular weight excluding hydrogens is 489 g/mol. The van der Waals surface area contributed by atoms with Gasteiger partial charge >= 0.3 is 0 Å². The lowest BCUT2D eigenvalue weighted by Crippen LogP contribution is -2.40. The third-order valence-corrected chi connectivity index (χ3v) is 6.23. The molecule has 0 fully saturated rings. The summed E-state index contributed by atoms with van der Waals surface area (Å²) in [6.07, 6.45) is 2.02. The summed E-state index contributed by atoms with van der Waals surface area (Å²) in [6, 6.07) is 5.63. The van der Waals surface area contributed by atoms with Crippen molar-refractivity contribution in [2.75, 3.05) is 38.6 Å². The number of fused-ring (bicyclic) bond motifs is 1. The van der Waals surface area contributed by atoms with Gasteiger partial charge in [-0.2, -0.15) is 0 Å². The standard InChI is InChI=1S/C23H31ClN7O3P/c1-5-30-16-8-7-15(22(32)26-9-10-34-14-35(3)4)11-17(16)31(6-2)19(30)13-28-23(33)20-21(25)27-12-18(24)29-20/h7-8,11-12H,5-6,9-10,13-14H2,1-4H3,(H3-,25,26,27,28,32,33)/p+1. The van der Waals surface area contributed by atoms with E-state index in [0.29, 0.717) is 31.8 Å². The van der Waals surface area contributed by atoms with Crippen molar-refractivity contribution in [3.8, 4) is 0 Å². The molecule has 0 bridgehead atoms. The average molecular weight is 521 g/mol. The molecule has 4 N–H and O–H groups in total. The van der Waals surface area contributed by atoms with Crippen molar-refractivity contribution in [3.05, 3.63) is 46.6 Å². The highest BCUT2D eigenvalue weighted by atomic mass is 35.5. The first-order valence-electron chi connectivity index (χ1n) is 11.4. The first-order chi connectivity index (χ1) is 16.8. The van der Waals surface area contributed by atoms with Crippen LogP contribution in [-0.4, -0.2) is 59.2 Å². The zero-order valence-electron chi connectivity index (χ0n) is 20.5. The number of rotatable bonds is 11. The highest BCUT2D eigenvalue weighted by molar-refractivity contribution is 7.55. The van der Waals surface area contributed by atoms with Gasteiger partial charge in [0.05, 0.1) is 32.2 Å². The molecule has 10 nitrogen and oxygen atoms in total. The van der Waals surface area contributed by atoms with Gasteiger partial charge in [0, 0.05) is 18.2 Å². The van der Waals surface area contributed by atoms with E-state index in [0.717, 1.165) is 23.2 Å². The molecule has 0 radical (unpaired) electrons. The SMILES string of the molecule is CCn1c(CNC(=O)c2nc(Cl)cnc2N)[n+](CC)c2ccc(C(=O)NCCOCP(C)C)cc21. The predicted octanol–water partition coefficient (Wildman–Crippen LogP) is 2.37. The van der Waals surface area contributed by atoms with Gasteiger partial charge in [0.25, 0.3) is 17.6 Å². The van der Waals surface area contributed by atoms with Gasteiger partial charge in [0.15, 0.2) is 22.5 Å². The van der Waals surface area contributed by atoms with Gasteiger partial charge in [-0.05, 0) is 39.3 Å². The number of hydrogen-bond donors (Lipinski definition) is 3. The second-order valence-electron chi connectivity index (χ2n) is 8.09.